The van der Waals surface area contributed by atoms with E-state index >= 15 is 0 Å². The molecule has 4 rings (SSSR count). The monoisotopic (exact) mass is 435 g/mol. The number of rotatable bonds is 5. The van der Waals surface area contributed by atoms with E-state index in [1.54, 1.807) is 36.3 Å². The molecule has 0 unspecified atom stereocenters. The van der Waals surface area contributed by atoms with Gasteiger partial charge in [0.1, 0.15) is 11.8 Å². The lowest BCUT2D eigenvalue weighted by Gasteiger charge is -2.48. The topological polar surface area (TPSA) is 87.7 Å². The van der Waals surface area contributed by atoms with Crippen LogP contribution in [0.15, 0.2) is 48.5 Å². The third kappa shape index (κ3) is 4.47. The molecule has 7 heteroatoms. The average molecular weight is 436 g/mol. The van der Waals surface area contributed by atoms with Gasteiger partial charge in [-0.25, -0.2) is 0 Å². The lowest BCUT2D eigenvalue weighted by molar-refractivity contribution is -0.135. The summed E-state index contributed by atoms with van der Waals surface area (Å²) in [5.41, 5.74) is 2.12. The van der Waals surface area contributed by atoms with Crippen molar-refractivity contribution in [2.45, 2.75) is 57.2 Å². The Morgan fingerprint density at radius 3 is 2.53 bits per heavy atom. The molecule has 2 fully saturated rings. The van der Waals surface area contributed by atoms with E-state index in [0.29, 0.717) is 17.0 Å². The summed E-state index contributed by atoms with van der Waals surface area (Å²) >= 11 is 0. The van der Waals surface area contributed by atoms with Crippen LogP contribution < -0.4 is 15.4 Å². The molecule has 1 saturated heterocycles. The molecule has 1 aliphatic heterocycles. The van der Waals surface area contributed by atoms with Gasteiger partial charge in [-0.3, -0.25) is 14.4 Å². The van der Waals surface area contributed by atoms with Gasteiger partial charge in [0, 0.05) is 17.3 Å². The standard InChI is InChI=1S/C25H29N3O4/c1-16-7-3-4-8-19(16)26-23(29)15-22-24(30)27-20-9-5-6-10-21(20)28(22)25(31)17-11-13-18(32-2)14-12-17/h3-4,7-8,11-14,20-22H,5-6,9-10,15H2,1-2H3,(H,26,29)(H,27,30)/t20-,21+,22-/m1/s1. The van der Waals surface area contributed by atoms with E-state index in [4.69, 9.17) is 4.74 Å². The van der Waals surface area contributed by atoms with Crippen LogP contribution in [0.1, 0.15) is 48.0 Å². The van der Waals surface area contributed by atoms with Gasteiger partial charge in [0.05, 0.1) is 19.6 Å². The van der Waals surface area contributed by atoms with E-state index in [1.807, 2.05) is 31.2 Å². The summed E-state index contributed by atoms with van der Waals surface area (Å²) in [6.45, 7) is 1.91. The summed E-state index contributed by atoms with van der Waals surface area (Å²) in [6.07, 6.45) is 3.56. The van der Waals surface area contributed by atoms with Gasteiger partial charge in [0.25, 0.3) is 5.91 Å². The number of nitrogens with zero attached hydrogens (tertiary/aromatic N) is 1. The largest absolute Gasteiger partial charge is 0.497 e. The highest BCUT2D eigenvalue weighted by Crippen LogP contribution is 2.31. The van der Waals surface area contributed by atoms with E-state index in [2.05, 4.69) is 10.6 Å². The molecule has 7 nitrogen and oxygen atoms in total. The number of benzene rings is 2. The number of hydrogen-bond acceptors (Lipinski definition) is 4. The minimum absolute atomic E-state index is 0.0749. The molecule has 0 spiro atoms. The number of hydrogen-bond donors (Lipinski definition) is 2. The Hall–Kier alpha value is -3.35. The number of ether oxygens (including phenoxy) is 1. The first-order chi connectivity index (χ1) is 15.5. The third-order valence-corrected chi connectivity index (χ3v) is 6.42. The first-order valence-electron chi connectivity index (χ1n) is 11.1. The zero-order valence-corrected chi connectivity index (χ0v) is 18.5. The molecule has 2 N–H and O–H groups in total. The minimum atomic E-state index is -0.854. The van der Waals surface area contributed by atoms with Crippen molar-refractivity contribution < 1.29 is 19.1 Å². The number of piperazine rings is 1. The van der Waals surface area contributed by atoms with Gasteiger partial charge in [0.2, 0.25) is 11.8 Å². The first kappa shape index (κ1) is 21.9. The Kier molecular flexibility index (Phi) is 6.44. The number of anilines is 1. The van der Waals surface area contributed by atoms with Crippen LogP contribution in [-0.2, 0) is 9.59 Å². The Morgan fingerprint density at radius 2 is 1.81 bits per heavy atom. The van der Waals surface area contributed by atoms with Crippen LogP contribution in [0.5, 0.6) is 5.75 Å². The Bertz CT molecular complexity index is 1000. The smallest absolute Gasteiger partial charge is 0.254 e. The third-order valence-electron chi connectivity index (χ3n) is 6.42. The molecule has 0 aromatic heterocycles. The predicted molar refractivity (Wildman–Crippen MR) is 122 cm³/mol. The fraction of sp³-hybridized carbons (Fsp3) is 0.400. The van der Waals surface area contributed by atoms with Gasteiger partial charge in [-0.15, -0.1) is 0 Å². The molecule has 1 heterocycles. The quantitative estimate of drug-likeness (QED) is 0.755. The van der Waals surface area contributed by atoms with Crippen LogP contribution in [0.2, 0.25) is 0 Å². The fourth-order valence-electron chi connectivity index (χ4n) is 4.70. The highest BCUT2D eigenvalue weighted by atomic mass is 16.5. The van der Waals surface area contributed by atoms with Crippen LogP contribution in [0, 0.1) is 6.92 Å². The van der Waals surface area contributed by atoms with E-state index < -0.39 is 6.04 Å². The molecule has 0 bridgehead atoms. The van der Waals surface area contributed by atoms with Gasteiger partial charge in [-0.2, -0.15) is 0 Å². The lowest BCUT2D eigenvalue weighted by atomic mass is 9.84. The lowest BCUT2D eigenvalue weighted by Crippen LogP contribution is -2.68. The number of amides is 3. The van der Waals surface area contributed by atoms with Gasteiger partial charge >= 0.3 is 0 Å². The van der Waals surface area contributed by atoms with Crippen molar-refractivity contribution in [2.24, 2.45) is 0 Å². The highest BCUT2D eigenvalue weighted by molar-refractivity contribution is 6.01. The van der Waals surface area contributed by atoms with Crippen molar-refractivity contribution in [3.63, 3.8) is 0 Å². The van der Waals surface area contributed by atoms with E-state index in [1.165, 1.54) is 0 Å². The molecule has 2 aromatic carbocycles. The van der Waals surface area contributed by atoms with Gasteiger partial charge in [-0.05, 0) is 55.7 Å². The van der Waals surface area contributed by atoms with Crippen molar-refractivity contribution >= 4 is 23.4 Å². The van der Waals surface area contributed by atoms with Crippen molar-refractivity contribution in [3.05, 3.63) is 59.7 Å². The first-order valence-corrected chi connectivity index (χ1v) is 11.1. The second kappa shape index (κ2) is 9.42. The SMILES string of the molecule is COc1ccc(C(=O)N2[C@H](CC(=O)Nc3ccccc3C)C(=O)N[C@@H]3CCCC[C@@H]32)cc1. The van der Waals surface area contributed by atoms with Crippen LogP contribution in [0.4, 0.5) is 5.69 Å². The zero-order valence-electron chi connectivity index (χ0n) is 18.5. The number of nitrogens with one attached hydrogen (secondary N) is 2. The summed E-state index contributed by atoms with van der Waals surface area (Å²) < 4.78 is 5.20. The maximum absolute atomic E-state index is 13.6. The number of methoxy groups -OCH3 is 1. The summed E-state index contributed by atoms with van der Waals surface area (Å²) in [6, 6.07) is 13.3. The molecule has 1 aliphatic carbocycles. The fourth-order valence-corrected chi connectivity index (χ4v) is 4.70. The number of para-hydroxylation sites is 1. The highest BCUT2D eigenvalue weighted by Gasteiger charge is 2.46. The molecule has 2 aliphatic rings. The Balaban J connectivity index is 1.60. The summed E-state index contributed by atoms with van der Waals surface area (Å²) in [5, 5.41) is 5.96. The van der Waals surface area contributed by atoms with Crippen LogP contribution in [0.25, 0.3) is 0 Å². The van der Waals surface area contributed by atoms with Crippen molar-refractivity contribution in [2.75, 3.05) is 12.4 Å². The van der Waals surface area contributed by atoms with E-state index in [9.17, 15) is 14.4 Å². The number of fused-ring (bicyclic) bond motifs is 1. The maximum Gasteiger partial charge on any atom is 0.254 e. The predicted octanol–water partition coefficient (Wildman–Crippen LogP) is 3.28. The van der Waals surface area contributed by atoms with E-state index in [0.717, 1.165) is 31.2 Å². The van der Waals surface area contributed by atoms with Crippen LogP contribution >= 0.6 is 0 Å². The number of carbonyl (C=O) groups is 3. The number of carbonyl (C=O) groups excluding carboxylic acids is 3. The van der Waals surface area contributed by atoms with Crippen molar-refractivity contribution in [1.29, 1.82) is 0 Å². The van der Waals surface area contributed by atoms with Gasteiger partial charge < -0.3 is 20.3 Å². The molecular weight excluding hydrogens is 406 g/mol. The van der Waals surface area contributed by atoms with Crippen molar-refractivity contribution in [1.82, 2.24) is 10.2 Å². The summed E-state index contributed by atoms with van der Waals surface area (Å²) in [4.78, 5) is 41.2. The number of aryl methyl sites for hydroxylation is 1. The molecule has 168 valence electrons. The summed E-state index contributed by atoms with van der Waals surface area (Å²) in [5.74, 6) is -0.132. The summed E-state index contributed by atoms with van der Waals surface area (Å²) in [7, 11) is 1.57. The van der Waals surface area contributed by atoms with Gasteiger partial charge in [0.15, 0.2) is 0 Å². The second-order valence-electron chi connectivity index (χ2n) is 8.49. The molecule has 3 atom stereocenters. The Labute approximate surface area is 188 Å². The van der Waals surface area contributed by atoms with Crippen LogP contribution in [-0.4, -0.2) is 47.9 Å². The average Bonchev–Trinajstić information content (AvgIpc) is 2.80. The molecule has 32 heavy (non-hydrogen) atoms. The Morgan fingerprint density at radius 1 is 1.09 bits per heavy atom. The normalized spacial score (nSPS) is 22.5. The molecule has 0 radical (unpaired) electrons. The second-order valence-corrected chi connectivity index (χ2v) is 8.49. The van der Waals surface area contributed by atoms with E-state index in [-0.39, 0.29) is 36.2 Å². The minimum Gasteiger partial charge on any atom is -0.497 e. The molecular formula is C25H29N3O4. The van der Waals surface area contributed by atoms with Gasteiger partial charge in [-0.1, -0.05) is 31.0 Å². The maximum atomic E-state index is 13.6. The van der Waals surface area contributed by atoms with Crippen LogP contribution in [0.3, 0.4) is 0 Å². The molecule has 3 amide bonds. The molecule has 2 aromatic rings. The molecule has 1 saturated carbocycles. The van der Waals surface area contributed by atoms with Crippen molar-refractivity contribution in [3.8, 4) is 5.75 Å². The zero-order chi connectivity index (χ0) is 22.7.